The summed E-state index contributed by atoms with van der Waals surface area (Å²) in [6, 6.07) is 8.44. The summed E-state index contributed by atoms with van der Waals surface area (Å²) in [5.41, 5.74) is 0.820. The minimum absolute atomic E-state index is 0.213. The number of carbonyl (C=O) groups excluding carboxylic acids is 1. The predicted octanol–water partition coefficient (Wildman–Crippen LogP) is 3.31. The third-order valence-electron chi connectivity index (χ3n) is 2.47. The van der Waals surface area contributed by atoms with E-state index >= 15 is 0 Å². The van der Waals surface area contributed by atoms with Gasteiger partial charge in [0.1, 0.15) is 5.60 Å². The summed E-state index contributed by atoms with van der Waals surface area (Å²) in [5.74, 6) is -0.213. The van der Waals surface area contributed by atoms with Gasteiger partial charge in [0, 0.05) is 10.5 Å². The molecule has 0 amide bonds. The van der Waals surface area contributed by atoms with Gasteiger partial charge < -0.3 is 10.1 Å². The fourth-order valence-electron chi connectivity index (χ4n) is 1.68. The molecule has 1 aromatic carbocycles. The maximum Gasteiger partial charge on any atom is 0.320 e. The highest BCUT2D eigenvalue weighted by molar-refractivity contribution is 9.10. The quantitative estimate of drug-likeness (QED) is 0.843. The lowest BCUT2D eigenvalue weighted by atomic mass is 10.1. The van der Waals surface area contributed by atoms with Crippen molar-refractivity contribution < 1.29 is 9.53 Å². The molecule has 0 saturated heterocycles. The molecule has 1 rings (SSSR count). The maximum atomic E-state index is 11.6. The minimum atomic E-state index is -0.423. The SMILES string of the molecule is CC(Cc1ccc(Br)cc1)NCC(=O)OC(C)(C)C. The van der Waals surface area contributed by atoms with Crippen LogP contribution in [0.15, 0.2) is 28.7 Å². The minimum Gasteiger partial charge on any atom is -0.459 e. The van der Waals surface area contributed by atoms with Crippen LogP contribution >= 0.6 is 15.9 Å². The van der Waals surface area contributed by atoms with Gasteiger partial charge in [0.2, 0.25) is 0 Å². The molecule has 1 aromatic rings. The number of ether oxygens (including phenoxy) is 1. The summed E-state index contributed by atoms with van der Waals surface area (Å²) < 4.78 is 6.32. The van der Waals surface area contributed by atoms with E-state index in [1.165, 1.54) is 5.56 Å². The van der Waals surface area contributed by atoms with Gasteiger partial charge in [0.05, 0.1) is 6.54 Å². The molecular formula is C15H22BrNO2. The van der Waals surface area contributed by atoms with E-state index in [0.717, 1.165) is 10.9 Å². The zero-order chi connectivity index (χ0) is 14.5. The van der Waals surface area contributed by atoms with E-state index < -0.39 is 5.60 Å². The fraction of sp³-hybridized carbons (Fsp3) is 0.533. The second kappa shape index (κ2) is 7.06. The summed E-state index contributed by atoms with van der Waals surface area (Å²) in [7, 11) is 0. The Morgan fingerprint density at radius 1 is 1.32 bits per heavy atom. The first-order valence-electron chi connectivity index (χ1n) is 6.46. The lowest BCUT2D eigenvalue weighted by Gasteiger charge is -2.20. The zero-order valence-corrected chi connectivity index (χ0v) is 13.6. The van der Waals surface area contributed by atoms with Gasteiger partial charge in [-0.15, -0.1) is 0 Å². The van der Waals surface area contributed by atoms with Crippen molar-refractivity contribution in [3.8, 4) is 0 Å². The number of benzene rings is 1. The molecule has 0 aliphatic rings. The van der Waals surface area contributed by atoms with Crippen molar-refractivity contribution in [1.29, 1.82) is 0 Å². The average Bonchev–Trinajstić information content (AvgIpc) is 2.27. The number of rotatable bonds is 5. The van der Waals surface area contributed by atoms with E-state index in [0.29, 0.717) is 0 Å². The molecule has 4 heteroatoms. The van der Waals surface area contributed by atoms with E-state index in [1.54, 1.807) is 0 Å². The molecule has 3 nitrogen and oxygen atoms in total. The van der Waals surface area contributed by atoms with Crippen LogP contribution in [0.2, 0.25) is 0 Å². The van der Waals surface area contributed by atoms with Crippen LogP contribution < -0.4 is 5.32 Å². The Labute approximate surface area is 123 Å². The lowest BCUT2D eigenvalue weighted by molar-refractivity contribution is -0.153. The molecule has 0 saturated carbocycles. The molecule has 0 aliphatic carbocycles. The number of carbonyl (C=O) groups is 1. The Morgan fingerprint density at radius 2 is 1.89 bits per heavy atom. The molecule has 0 fully saturated rings. The first kappa shape index (κ1) is 16.2. The standard InChI is InChI=1S/C15H22BrNO2/c1-11(9-12-5-7-13(16)8-6-12)17-10-14(18)19-15(2,3)4/h5-8,11,17H,9-10H2,1-4H3. The molecule has 1 unspecified atom stereocenters. The van der Waals surface area contributed by atoms with E-state index in [9.17, 15) is 4.79 Å². The van der Waals surface area contributed by atoms with Crippen molar-refractivity contribution in [2.45, 2.75) is 45.8 Å². The molecule has 0 heterocycles. The lowest BCUT2D eigenvalue weighted by Crippen LogP contribution is -2.36. The first-order valence-corrected chi connectivity index (χ1v) is 7.25. The molecule has 1 atom stereocenters. The van der Waals surface area contributed by atoms with Gasteiger partial charge in [-0.3, -0.25) is 4.79 Å². The van der Waals surface area contributed by atoms with Crippen molar-refractivity contribution in [3.05, 3.63) is 34.3 Å². The van der Waals surface area contributed by atoms with Crippen molar-refractivity contribution in [1.82, 2.24) is 5.32 Å². The molecule has 19 heavy (non-hydrogen) atoms. The van der Waals surface area contributed by atoms with Crippen LogP contribution in [-0.4, -0.2) is 24.2 Å². The number of esters is 1. The third-order valence-corrected chi connectivity index (χ3v) is 3.00. The molecule has 0 bridgehead atoms. The van der Waals surface area contributed by atoms with Crippen LogP contribution in [0.25, 0.3) is 0 Å². The highest BCUT2D eigenvalue weighted by atomic mass is 79.9. The zero-order valence-electron chi connectivity index (χ0n) is 12.0. The Morgan fingerprint density at radius 3 is 2.42 bits per heavy atom. The van der Waals surface area contributed by atoms with E-state index in [2.05, 4.69) is 40.3 Å². The van der Waals surface area contributed by atoms with Gasteiger partial charge in [-0.05, 0) is 51.8 Å². The number of hydrogen-bond donors (Lipinski definition) is 1. The molecule has 0 radical (unpaired) electrons. The Kier molecular flexibility index (Phi) is 6.01. The fourth-order valence-corrected chi connectivity index (χ4v) is 1.95. The molecular weight excluding hydrogens is 306 g/mol. The van der Waals surface area contributed by atoms with Crippen LogP contribution in [0.3, 0.4) is 0 Å². The summed E-state index contributed by atoms with van der Waals surface area (Å²) >= 11 is 3.41. The van der Waals surface area contributed by atoms with Gasteiger partial charge in [-0.2, -0.15) is 0 Å². The number of halogens is 1. The summed E-state index contributed by atoms with van der Waals surface area (Å²) in [4.78, 5) is 11.6. The van der Waals surface area contributed by atoms with Gasteiger partial charge in [-0.1, -0.05) is 28.1 Å². The van der Waals surface area contributed by atoms with Gasteiger partial charge in [0.15, 0.2) is 0 Å². The number of hydrogen-bond acceptors (Lipinski definition) is 3. The molecule has 1 N–H and O–H groups in total. The summed E-state index contributed by atoms with van der Waals surface area (Å²) in [5, 5.41) is 3.18. The summed E-state index contributed by atoms with van der Waals surface area (Å²) in [6.45, 7) is 7.92. The van der Waals surface area contributed by atoms with Crippen LogP contribution in [0, 0.1) is 0 Å². The largest absolute Gasteiger partial charge is 0.459 e. The maximum absolute atomic E-state index is 11.6. The highest BCUT2D eigenvalue weighted by Crippen LogP contribution is 2.12. The highest BCUT2D eigenvalue weighted by Gasteiger charge is 2.16. The average molecular weight is 328 g/mol. The van der Waals surface area contributed by atoms with Gasteiger partial charge in [-0.25, -0.2) is 0 Å². The second-order valence-electron chi connectivity index (χ2n) is 5.70. The van der Waals surface area contributed by atoms with Crippen LogP contribution in [0.1, 0.15) is 33.3 Å². The van der Waals surface area contributed by atoms with Crippen molar-refractivity contribution in [2.75, 3.05) is 6.54 Å². The van der Waals surface area contributed by atoms with Crippen LogP contribution in [-0.2, 0) is 16.0 Å². The normalized spacial score (nSPS) is 13.1. The topological polar surface area (TPSA) is 38.3 Å². The van der Waals surface area contributed by atoms with Crippen molar-refractivity contribution in [2.24, 2.45) is 0 Å². The predicted molar refractivity (Wildman–Crippen MR) is 81.2 cm³/mol. The molecule has 0 aliphatic heterocycles. The van der Waals surface area contributed by atoms with E-state index in [-0.39, 0.29) is 18.6 Å². The molecule has 0 spiro atoms. The molecule has 106 valence electrons. The number of nitrogens with one attached hydrogen (secondary N) is 1. The van der Waals surface area contributed by atoms with Crippen molar-refractivity contribution >= 4 is 21.9 Å². The monoisotopic (exact) mass is 327 g/mol. The smallest absolute Gasteiger partial charge is 0.320 e. The van der Waals surface area contributed by atoms with Gasteiger partial charge >= 0.3 is 5.97 Å². The van der Waals surface area contributed by atoms with Crippen molar-refractivity contribution in [3.63, 3.8) is 0 Å². The molecule has 0 aromatic heterocycles. The van der Waals surface area contributed by atoms with E-state index in [1.807, 2.05) is 32.9 Å². The van der Waals surface area contributed by atoms with Crippen LogP contribution in [0.4, 0.5) is 0 Å². The van der Waals surface area contributed by atoms with E-state index in [4.69, 9.17) is 4.74 Å². The third kappa shape index (κ3) is 7.33. The Hall–Kier alpha value is -0.870. The Bertz CT molecular complexity index is 409. The van der Waals surface area contributed by atoms with Gasteiger partial charge in [0.25, 0.3) is 0 Å². The Balaban J connectivity index is 2.33. The summed E-state index contributed by atoms with van der Waals surface area (Å²) in [6.07, 6.45) is 0.885. The second-order valence-corrected chi connectivity index (χ2v) is 6.61. The first-order chi connectivity index (χ1) is 8.76. The van der Waals surface area contributed by atoms with Crippen LogP contribution in [0.5, 0.6) is 0 Å².